The van der Waals surface area contributed by atoms with Crippen molar-refractivity contribution >= 4 is 5.97 Å². The van der Waals surface area contributed by atoms with Crippen molar-refractivity contribution in [3.63, 3.8) is 0 Å². The van der Waals surface area contributed by atoms with Gasteiger partial charge in [0.15, 0.2) is 0 Å². The minimum absolute atomic E-state index is 0.0762. The fraction of sp³-hybridized carbons (Fsp3) is 0.278. The first-order chi connectivity index (χ1) is 10.3. The molecule has 2 aromatic carbocycles. The van der Waals surface area contributed by atoms with Crippen LogP contribution in [0.1, 0.15) is 42.3 Å². The van der Waals surface area contributed by atoms with Crippen LogP contribution in [0.2, 0.25) is 0 Å². The summed E-state index contributed by atoms with van der Waals surface area (Å²) in [5, 5.41) is 9.07. The molecule has 22 heavy (non-hydrogen) atoms. The summed E-state index contributed by atoms with van der Waals surface area (Å²) < 4.78 is 18.6. The molecule has 0 unspecified atom stereocenters. The molecular formula is C18H19FO3. The fourth-order valence-corrected chi connectivity index (χ4v) is 2.06. The fourth-order valence-electron chi connectivity index (χ4n) is 2.06. The van der Waals surface area contributed by atoms with Gasteiger partial charge in [0, 0.05) is 0 Å². The van der Waals surface area contributed by atoms with Crippen molar-refractivity contribution in [2.45, 2.75) is 32.8 Å². The first-order valence-corrected chi connectivity index (χ1v) is 7.02. The summed E-state index contributed by atoms with van der Waals surface area (Å²) in [6, 6.07) is 11.4. The highest BCUT2D eigenvalue weighted by Gasteiger charge is 2.14. The molecule has 0 aliphatic heterocycles. The molecule has 0 spiro atoms. The van der Waals surface area contributed by atoms with E-state index in [4.69, 9.17) is 9.84 Å². The second kappa shape index (κ2) is 6.18. The van der Waals surface area contributed by atoms with Crippen LogP contribution in [0.5, 0.6) is 5.75 Å². The minimum Gasteiger partial charge on any atom is -0.488 e. The van der Waals surface area contributed by atoms with Gasteiger partial charge in [0.1, 0.15) is 23.7 Å². The zero-order valence-corrected chi connectivity index (χ0v) is 12.9. The van der Waals surface area contributed by atoms with Crippen LogP contribution in [0.15, 0.2) is 42.5 Å². The first kappa shape index (κ1) is 16.0. The molecule has 3 nitrogen and oxygen atoms in total. The van der Waals surface area contributed by atoms with Crippen molar-refractivity contribution in [1.82, 2.24) is 0 Å². The van der Waals surface area contributed by atoms with E-state index in [0.29, 0.717) is 0 Å². The zero-order valence-electron chi connectivity index (χ0n) is 12.9. The molecule has 0 bridgehead atoms. The molecule has 0 atom stereocenters. The highest BCUT2D eigenvalue weighted by Crippen LogP contribution is 2.24. The number of halogens is 1. The zero-order chi connectivity index (χ0) is 16.3. The number of carboxylic acid groups (broad SMARTS) is 1. The summed E-state index contributed by atoms with van der Waals surface area (Å²) in [4.78, 5) is 11.1. The van der Waals surface area contributed by atoms with E-state index in [1.54, 1.807) is 0 Å². The second-order valence-corrected chi connectivity index (χ2v) is 6.18. The van der Waals surface area contributed by atoms with Crippen molar-refractivity contribution < 1.29 is 19.0 Å². The van der Waals surface area contributed by atoms with Crippen molar-refractivity contribution in [3.05, 3.63) is 65.0 Å². The van der Waals surface area contributed by atoms with E-state index < -0.39 is 11.8 Å². The lowest BCUT2D eigenvalue weighted by Crippen LogP contribution is -2.11. The highest BCUT2D eigenvalue weighted by atomic mass is 19.1. The van der Waals surface area contributed by atoms with Gasteiger partial charge in [0.25, 0.3) is 0 Å². The Morgan fingerprint density at radius 2 is 1.77 bits per heavy atom. The van der Waals surface area contributed by atoms with Crippen molar-refractivity contribution in [3.8, 4) is 5.75 Å². The van der Waals surface area contributed by atoms with Gasteiger partial charge in [-0.1, -0.05) is 45.0 Å². The van der Waals surface area contributed by atoms with Crippen molar-refractivity contribution in [1.29, 1.82) is 0 Å². The summed E-state index contributed by atoms with van der Waals surface area (Å²) in [7, 11) is 0. The van der Waals surface area contributed by atoms with Crippen LogP contribution >= 0.6 is 0 Å². The lowest BCUT2D eigenvalue weighted by Gasteiger charge is -2.19. The summed E-state index contributed by atoms with van der Waals surface area (Å²) in [6.45, 7) is 6.64. The van der Waals surface area contributed by atoms with E-state index in [1.807, 2.05) is 24.3 Å². The van der Waals surface area contributed by atoms with Crippen LogP contribution < -0.4 is 4.74 Å². The number of aromatic carboxylic acids is 1. The van der Waals surface area contributed by atoms with Crippen molar-refractivity contribution in [2.75, 3.05) is 0 Å². The van der Waals surface area contributed by atoms with Gasteiger partial charge in [-0.25, -0.2) is 9.18 Å². The third-order valence-electron chi connectivity index (χ3n) is 3.39. The van der Waals surface area contributed by atoms with Crippen molar-refractivity contribution in [2.24, 2.45) is 0 Å². The average Bonchev–Trinajstić information content (AvgIpc) is 2.45. The number of ether oxygens (including phenoxy) is 1. The number of benzene rings is 2. The maximum absolute atomic E-state index is 13.1. The van der Waals surface area contributed by atoms with E-state index in [-0.39, 0.29) is 23.3 Å². The monoisotopic (exact) mass is 302 g/mol. The molecule has 4 heteroatoms. The molecule has 0 amide bonds. The molecule has 0 heterocycles. The summed E-state index contributed by atoms with van der Waals surface area (Å²) in [6.07, 6.45) is 0. The topological polar surface area (TPSA) is 46.5 Å². The number of carboxylic acids is 1. The number of hydrogen-bond acceptors (Lipinski definition) is 2. The molecule has 0 saturated heterocycles. The molecular weight excluding hydrogens is 283 g/mol. The molecule has 0 fully saturated rings. The molecule has 2 aromatic rings. The Morgan fingerprint density at radius 3 is 2.32 bits per heavy atom. The molecule has 0 aromatic heterocycles. The number of rotatable bonds is 4. The predicted molar refractivity (Wildman–Crippen MR) is 82.8 cm³/mol. The lowest BCUT2D eigenvalue weighted by molar-refractivity contribution is 0.0691. The van der Waals surface area contributed by atoms with E-state index in [9.17, 15) is 9.18 Å². The first-order valence-electron chi connectivity index (χ1n) is 7.02. The van der Waals surface area contributed by atoms with Gasteiger partial charge in [-0.3, -0.25) is 0 Å². The maximum Gasteiger partial charge on any atom is 0.339 e. The van der Waals surface area contributed by atoms with Crippen LogP contribution in [0.4, 0.5) is 4.39 Å². The standard InChI is InChI=1S/C18H19FO3/c1-18(2,3)13-6-4-12(5-7-13)11-22-16-9-8-14(19)10-15(16)17(20)21/h4-10H,11H2,1-3H3,(H,20,21). The smallest absolute Gasteiger partial charge is 0.339 e. The largest absolute Gasteiger partial charge is 0.488 e. The molecule has 2 rings (SSSR count). The summed E-state index contributed by atoms with van der Waals surface area (Å²) in [5.74, 6) is -1.65. The van der Waals surface area contributed by atoms with Crippen LogP contribution in [0.3, 0.4) is 0 Å². The van der Waals surface area contributed by atoms with Gasteiger partial charge >= 0.3 is 5.97 Å². The third-order valence-corrected chi connectivity index (χ3v) is 3.39. The molecule has 116 valence electrons. The SMILES string of the molecule is CC(C)(C)c1ccc(COc2ccc(F)cc2C(=O)O)cc1. The Bertz CT molecular complexity index is 670. The Morgan fingerprint density at radius 1 is 1.14 bits per heavy atom. The van der Waals surface area contributed by atoms with Crippen LogP contribution in [-0.4, -0.2) is 11.1 Å². The van der Waals surface area contributed by atoms with E-state index >= 15 is 0 Å². The minimum atomic E-state index is -1.21. The number of carbonyl (C=O) groups is 1. The molecule has 0 aliphatic carbocycles. The van der Waals surface area contributed by atoms with E-state index in [0.717, 1.165) is 11.6 Å². The summed E-state index contributed by atoms with van der Waals surface area (Å²) >= 11 is 0. The molecule has 0 aliphatic rings. The number of hydrogen-bond donors (Lipinski definition) is 1. The van der Waals surface area contributed by atoms with Gasteiger partial charge in [-0.15, -0.1) is 0 Å². The highest BCUT2D eigenvalue weighted by molar-refractivity contribution is 5.90. The third kappa shape index (κ3) is 3.85. The normalized spacial score (nSPS) is 11.3. The van der Waals surface area contributed by atoms with Crippen LogP contribution in [0, 0.1) is 5.82 Å². The van der Waals surface area contributed by atoms with E-state index in [2.05, 4.69) is 20.8 Å². The second-order valence-electron chi connectivity index (χ2n) is 6.18. The van der Waals surface area contributed by atoms with Crippen LogP contribution in [-0.2, 0) is 12.0 Å². The molecule has 0 radical (unpaired) electrons. The Hall–Kier alpha value is -2.36. The average molecular weight is 302 g/mol. The maximum atomic E-state index is 13.1. The van der Waals surface area contributed by atoms with Gasteiger partial charge in [0.2, 0.25) is 0 Å². The van der Waals surface area contributed by atoms with Crippen LogP contribution in [0.25, 0.3) is 0 Å². The molecule has 0 saturated carbocycles. The predicted octanol–water partition coefficient (Wildman–Crippen LogP) is 4.40. The van der Waals surface area contributed by atoms with Gasteiger partial charge < -0.3 is 9.84 Å². The lowest BCUT2D eigenvalue weighted by atomic mass is 9.87. The Balaban J connectivity index is 2.12. The molecule has 1 N–H and O–H groups in total. The summed E-state index contributed by atoms with van der Waals surface area (Å²) in [5.41, 5.74) is 2.04. The quantitative estimate of drug-likeness (QED) is 0.910. The van der Waals surface area contributed by atoms with Gasteiger partial charge in [0.05, 0.1) is 0 Å². The Kier molecular flexibility index (Phi) is 4.50. The van der Waals surface area contributed by atoms with Gasteiger partial charge in [-0.2, -0.15) is 0 Å². The Labute approximate surface area is 129 Å². The van der Waals surface area contributed by atoms with Gasteiger partial charge in [-0.05, 0) is 34.7 Å². The van der Waals surface area contributed by atoms with E-state index in [1.165, 1.54) is 17.7 Å².